The molecule has 0 saturated carbocycles. The average Bonchev–Trinajstić information content (AvgIpc) is 2.36. The lowest BCUT2D eigenvalue weighted by Crippen LogP contribution is -2.32. The topological polar surface area (TPSA) is 66.4 Å². The highest BCUT2D eigenvalue weighted by Gasteiger charge is 2.16. The minimum absolute atomic E-state index is 0.0499. The Labute approximate surface area is 128 Å². The number of nitrogens with one attached hydrogen (secondary N) is 1. The lowest BCUT2D eigenvalue weighted by Gasteiger charge is -2.14. The molecule has 0 aromatic heterocycles. The summed E-state index contributed by atoms with van der Waals surface area (Å²) >= 11 is 0. The summed E-state index contributed by atoms with van der Waals surface area (Å²) in [6, 6.07) is 6.93. The second-order valence-electron chi connectivity index (χ2n) is 6.38. The van der Waals surface area contributed by atoms with E-state index in [1.54, 1.807) is 12.1 Å². The number of rotatable bonds is 8. The van der Waals surface area contributed by atoms with Gasteiger partial charge in [0.15, 0.2) is 0 Å². The van der Waals surface area contributed by atoms with Crippen molar-refractivity contribution < 1.29 is 13.5 Å². The predicted molar refractivity (Wildman–Crippen MR) is 85.6 cm³/mol. The van der Waals surface area contributed by atoms with E-state index in [1.807, 2.05) is 26.0 Å². The molecule has 1 rings (SSSR count). The van der Waals surface area contributed by atoms with Crippen molar-refractivity contribution in [2.45, 2.75) is 51.5 Å². The van der Waals surface area contributed by atoms with Gasteiger partial charge in [-0.25, -0.2) is 13.1 Å². The normalized spacial score (nSPS) is 13.9. The minimum atomic E-state index is -3.55. The maximum absolute atomic E-state index is 12.1. The summed E-state index contributed by atoms with van der Waals surface area (Å²) in [5, 5.41) is 9.75. The zero-order valence-electron chi connectivity index (χ0n) is 13.3. The third-order valence-electron chi connectivity index (χ3n) is 3.13. The van der Waals surface area contributed by atoms with Crippen LogP contribution in [0.5, 0.6) is 0 Å². The lowest BCUT2D eigenvalue weighted by atomic mass is 10.0. The van der Waals surface area contributed by atoms with Crippen molar-refractivity contribution in [2.75, 3.05) is 6.54 Å². The Kier molecular flexibility index (Phi) is 6.84. The standard InChI is InChI=1S/C16H27NO3S/c1-12(2)9-14-5-7-16(8-6-14)21(19,20)17-11-15(18)10-13(3)4/h5-8,12-13,15,17-18H,9-11H2,1-4H3. The van der Waals surface area contributed by atoms with Gasteiger partial charge in [0, 0.05) is 6.54 Å². The maximum atomic E-state index is 12.1. The highest BCUT2D eigenvalue weighted by atomic mass is 32.2. The molecule has 0 aliphatic carbocycles. The van der Waals surface area contributed by atoms with E-state index >= 15 is 0 Å². The zero-order chi connectivity index (χ0) is 16.0. The van der Waals surface area contributed by atoms with Gasteiger partial charge < -0.3 is 5.11 Å². The van der Waals surface area contributed by atoms with Crippen molar-refractivity contribution in [1.82, 2.24) is 4.72 Å². The first-order valence-corrected chi connectivity index (χ1v) is 8.95. The minimum Gasteiger partial charge on any atom is -0.392 e. The van der Waals surface area contributed by atoms with Crippen LogP contribution in [-0.2, 0) is 16.4 Å². The van der Waals surface area contributed by atoms with Crippen LogP contribution in [0.15, 0.2) is 29.2 Å². The van der Waals surface area contributed by atoms with E-state index in [0.29, 0.717) is 18.3 Å². The largest absolute Gasteiger partial charge is 0.392 e. The molecule has 120 valence electrons. The monoisotopic (exact) mass is 313 g/mol. The quantitative estimate of drug-likeness (QED) is 0.775. The van der Waals surface area contributed by atoms with Gasteiger partial charge in [-0.3, -0.25) is 0 Å². The van der Waals surface area contributed by atoms with Gasteiger partial charge in [0.05, 0.1) is 11.0 Å². The molecule has 0 radical (unpaired) electrons. The molecule has 0 aliphatic heterocycles. The molecule has 0 aliphatic rings. The summed E-state index contributed by atoms with van der Waals surface area (Å²) in [5.74, 6) is 0.872. The molecule has 1 aromatic rings. The molecule has 1 unspecified atom stereocenters. The van der Waals surface area contributed by atoms with Crippen LogP contribution in [0.4, 0.5) is 0 Å². The van der Waals surface area contributed by atoms with Gasteiger partial charge in [-0.2, -0.15) is 0 Å². The van der Waals surface area contributed by atoms with E-state index in [4.69, 9.17) is 0 Å². The molecule has 0 saturated heterocycles. The lowest BCUT2D eigenvalue weighted by molar-refractivity contribution is 0.152. The van der Waals surface area contributed by atoms with Crippen LogP contribution in [0.2, 0.25) is 0 Å². The number of hydrogen-bond acceptors (Lipinski definition) is 3. The molecule has 0 heterocycles. The molecular formula is C16H27NO3S. The van der Waals surface area contributed by atoms with Crippen molar-refractivity contribution in [2.24, 2.45) is 11.8 Å². The highest BCUT2D eigenvalue weighted by molar-refractivity contribution is 7.89. The molecule has 21 heavy (non-hydrogen) atoms. The van der Waals surface area contributed by atoms with Gasteiger partial charge in [0.1, 0.15) is 0 Å². The molecule has 5 heteroatoms. The molecule has 0 amide bonds. The van der Waals surface area contributed by atoms with Gasteiger partial charge in [0.2, 0.25) is 10.0 Å². The van der Waals surface area contributed by atoms with Gasteiger partial charge in [-0.15, -0.1) is 0 Å². The number of aliphatic hydroxyl groups is 1. The summed E-state index contributed by atoms with van der Waals surface area (Å²) in [5.41, 5.74) is 1.13. The van der Waals surface area contributed by atoms with Gasteiger partial charge >= 0.3 is 0 Å². The molecule has 4 nitrogen and oxygen atoms in total. The highest BCUT2D eigenvalue weighted by Crippen LogP contribution is 2.14. The molecule has 1 atom stereocenters. The van der Waals surface area contributed by atoms with Crippen molar-refractivity contribution in [3.05, 3.63) is 29.8 Å². The van der Waals surface area contributed by atoms with Crippen molar-refractivity contribution in [3.63, 3.8) is 0 Å². The van der Waals surface area contributed by atoms with Crippen molar-refractivity contribution in [1.29, 1.82) is 0 Å². The molecule has 0 bridgehead atoms. The first kappa shape index (κ1) is 18.1. The second-order valence-corrected chi connectivity index (χ2v) is 8.14. The van der Waals surface area contributed by atoms with E-state index in [9.17, 15) is 13.5 Å². The Hall–Kier alpha value is -0.910. The maximum Gasteiger partial charge on any atom is 0.240 e. The second kappa shape index (κ2) is 7.92. The SMILES string of the molecule is CC(C)Cc1ccc(S(=O)(=O)NCC(O)CC(C)C)cc1. The summed E-state index contributed by atoms with van der Waals surface area (Å²) in [4.78, 5) is 0.242. The van der Waals surface area contributed by atoms with Gasteiger partial charge in [0.25, 0.3) is 0 Å². The predicted octanol–water partition coefficient (Wildman–Crippen LogP) is 2.57. The summed E-state index contributed by atoms with van der Waals surface area (Å²) in [6.07, 6.45) is 0.858. The van der Waals surface area contributed by atoms with Gasteiger partial charge in [-0.1, -0.05) is 39.8 Å². The van der Waals surface area contributed by atoms with Crippen LogP contribution >= 0.6 is 0 Å². The van der Waals surface area contributed by atoms with Crippen LogP contribution < -0.4 is 4.72 Å². The zero-order valence-corrected chi connectivity index (χ0v) is 14.2. The van der Waals surface area contributed by atoms with E-state index in [2.05, 4.69) is 18.6 Å². The fourth-order valence-corrected chi connectivity index (χ4v) is 3.27. The fourth-order valence-electron chi connectivity index (χ4n) is 2.19. The summed E-state index contributed by atoms with van der Waals surface area (Å²) in [6.45, 7) is 8.29. The van der Waals surface area contributed by atoms with E-state index < -0.39 is 16.1 Å². The van der Waals surface area contributed by atoms with E-state index in [-0.39, 0.29) is 11.4 Å². The first-order chi connectivity index (χ1) is 9.70. The summed E-state index contributed by atoms with van der Waals surface area (Å²) in [7, 11) is -3.55. The number of hydrogen-bond donors (Lipinski definition) is 2. The Morgan fingerprint density at radius 3 is 2.10 bits per heavy atom. The van der Waals surface area contributed by atoms with Crippen molar-refractivity contribution in [3.8, 4) is 0 Å². The van der Waals surface area contributed by atoms with Gasteiger partial charge in [-0.05, 0) is 42.4 Å². The third kappa shape index (κ3) is 6.59. The van der Waals surface area contributed by atoms with E-state index in [1.165, 1.54) is 0 Å². The molecule has 0 spiro atoms. The van der Waals surface area contributed by atoms with Crippen LogP contribution in [0.1, 0.15) is 39.7 Å². The Morgan fingerprint density at radius 1 is 1.05 bits per heavy atom. The van der Waals surface area contributed by atoms with Crippen LogP contribution in [-0.4, -0.2) is 26.2 Å². The van der Waals surface area contributed by atoms with E-state index in [0.717, 1.165) is 12.0 Å². The summed E-state index contributed by atoms with van der Waals surface area (Å²) < 4.78 is 26.7. The number of sulfonamides is 1. The van der Waals surface area contributed by atoms with Crippen molar-refractivity contribution >= 4 is 10.0 Å². The van der Waals surface area contributed by atoms with Crippen LogP contribution in [0.3, 0.4) is 0 Å². The molecule has 2 N–H and O–H groups in total. The Balaban J connectivity index is 2.66. The van der Waals surface area contributed by atoms with Crippen LogP contribution in [0, 0.1) is 11.8 Å². The third-order valence-corrected chi connectivity index (χ3v) is 4.57. The Bertz CT molecular complexity index is 521. The first-order valence-electron chi connectivity index (χ1n) is 7.47. The number of benzene rings is 1. The number of aliphatic hydroxyl groups excluding tert-OH is 1. The fraction of sp³-hybridized carbons (Fsp3) is 0.625. The Morgan fingerprint density at radius 2 is 1.62 bits per heavy atom. The molecular weight excluding hydrogens is 286 g/mol. The average molecular weight is 313 g/mol. The van der Waals surface area contributed by atoms with Crippen LogP contribution in [0.25, 0.3) is 0 Å². The molecule has 1 aromatic carbocycles. The smallest absolute Gasteiger partial charge is 0.240 e. The molecule has 0 fully saturated rings.